The number of alkyl halides is 6. The number of aromatic amines is 1. The minimum atomic E-state index is -4.72. The molecule has 0 amide bonds. The molecule has 4 aromatic rings. The first-order chi connectivity index (χ1) is 17.8. The Labute approximate surface area is 210 Å². The number of H-pyrrole nitrogens is 1. The van der Waals surface area contributed by atoms with E-state index in [4.69, 9.17) is 0 Å². The van der Waals surface area contributed by atoms with Crippen LogP contribution in [0.2, 0.25) is 0 Å². The highest BCUT2D eigenvalue weighted by molar-refractivity contribution is 5.94. The number of nitrogens with one attached hydrogen (secondary N) is 1. The van der Waals surface area contributed by atoms with Crippen molar-refractivity contribution in [1.82, 2.24) is 15.0 Å². The molecule has 1 N–H and O–H groups in total. The Morgan fingerprint density at radius 2 is 1.68 bits per heavy atom. The average molecular weight is 541 g/mol. The lowest BCUT2D eigenvalue weighted by Crippen LogP contribution is -2.53. The van der Waals surface area contributed by atoms with E-state index in [2.05, 4.69) is 15.0 Å². The summed E-state index contributed by atoms with van der Waals surface area (Å²) in [6.07, 6.45) is -8.03. The summed E-state index contributed by atoms with van der Waals surface area (Å²) in [7, 11) is 0. The number of imidazole rings is 1. The van der Waals surface area contributed by atoms with Gasteiger partial charge in [0.2, 0.25) is 5.95 Å². The van der Waals surface area contributed by atoms with Crippen LogP contribution in [0, 0.1) is 11.6 Å². The fourth-order valence-corrected chi connectivity index (χ4v) is 4.62. The summed E-state index contributed by atoms with van der Waals surface area (Å²) < 4.78 is 109. The zero-order valence-electron chi connectivity index (χ0n) is 19.6. The number of hydrogen-bond donors (Lipinski definition) is 1. The van der Waals surface area contributed by atoms with Crippen LogP contribution in [0.15, 0.2) is 48.7 Å². The molecule has 0 saturated carbocycles. The molecule has 1 aliphatic heterocycles. The Hall–Kier alpha value is -3.90. The lowest BCUT2D eigenvalue weighted by molar-refractivity contribution is -0.138. The number of fused-ring (bicyclic) bond motifs is 1. The van der Waals surface area contributed by atoms with Gasteiger partial charge in [-0.05, 0) is 48.9 Å². The molecular weight excluding hydrogens is 522 g/mol. The van der Waals surface area contributed by atoms with Gasteiger partial charge >= 0.3 is 12.4 Å². The summed E-state index contributed by atoms with van der Waals surface area (Å²) >= 11 is 0. The molecule has 2 aromatic heterocycles. The van der Waals surface area contributed by atoms with Gasteiger partial charge in [-0.2, -0.15) is 26.3 Å². The van der Waals surface area contributed by atoms with Gasteiger partial charge in [-0.3, -0.25) is 0 Å². The van der Waals surface area contributed by atoms with E-state index < -0.39 is 41.2 Å². The Morgan fingerprint density at radius 1 is 0.921 bits per heavy atom. The van der Waals surface area contributed by atoms with E-state index >= 15 is 0 Å². The number of hydrogen-bond acceptors (Lipinski definition) is 4. The first-order valence-corrected chi connectivity index (χ1v) is 11.4. The Morgan fingerprint density at radius 3 is 2.34 bits per heavy atom. The van der Waals surface area contributed by atoms with Gasteiger partial charge in [-0.1, -0.05) is 6.07 Å². The molecule has 38 heavy (non-hydrogen) atoms. The number of rotatable bonds is 3. The third-order valence-corrected chi connectivity index (χ3v) is 6.42. The van der Waals surface area contributed by atoms with Crippen LogP contribution in [0.3, 0.4) is 0 Å². The van der Waals surface area contributed by atoms with Crippen molar-refractivity contribution < 1.29 is 35.1 Å². The fraction of sp³-hybridized carbons (Fsp3) is 0.280. The second kappa shape index (κ2) is 9.14. The smallest absolute Gasteiger partial charge is 0.352 e. The summed E-state index contributed by atoms with van der Waals surface area (Å²) in [5.41, 5.74) is -1.78. The second-order valence-electron chi connectivity index (χ2n) is 8.97. The molecule has 3 heterocycles. The van der Waals surface area contributed by atoms with Crippen molar-refractivity contribution in [3.05, 3.63) is 71.4 Å². The van der Waals surface area contributed by atoms with E-state index in [1.165, 1.54) is 17.2 Å². The van der Waals surface area contributed by atoms with Crippen LogP contribution < -0.4 is 9.80 Å². The zero-order valence-corrected chi connectivity index (χ0v) is 19.6. The Bertz CT molecular complexity index is 1490. The third kappa shape index (κ3) is 4.72. The summed E-state index contributed by atoms with van der Waals surface area (Å²) in [6.45, 7) is 2.22. The van der Waals surface area contributed by atoms with E-state index in [-0.39, 0.29) is 53.6 Å². The number of nitrogens with zero attached hydrogens (tertiary/aromatic N) is 4. The highest BCUT2D eigenvalue weighted by Crippen LogP contribution is 2.39. The van der Waals surface area contributed by atoms with Crippen molar-refractivity contribution in [2.75, 3.05) is 29.4 Å². The number of pyridine rings is 1. The molecular formula is C25H19F8N5. The van der Waals surface area contributed by atoms with Gasteiger partial charge in [0.25, 0.3) is 0 Å². The molecule has 1 atom stereocenters. The zero-order chi connectivity index (χ0) is 27.4. The van der Waals surface area contributed by atoms with Crippen LogP contribution in [0.5, 0.6) is 0 Å². The first kappa shape index (κ1) is 25.7. The molecule has 1 saturated heterocycles. The Balaban J connectivity index is 1.51. The summed E-state index contributed by atoms with van der Waals surface area (Å²) in [4.78, 5) is 14.5. The molecule has 0 aliphatic carbocycles. The largest absolute Gasteiger partial charge is 0.419 e. The van der Waals surface area contributed by atoms with Crippen molar-refractivity contribution in [2.45, 2.75) is 25.3 Å². The van der Waals surface area contributed by atoms with Gasteiger partial charge in [-0.15, -0.1) is 0 Å². The molecule has 0 bridgehead atoms. The maximum Gasteiger partial charge on any atom is 0.419 e. The Kier molecular flexibility index (Phi) is 6.19. The molecule has 5 nitrogen and oxygen atoms in total. The molecule has 200 valence electrons. The maximum atomic E-state index is 13.9. The molecule has 1 fully saturated rings. The van der Waals surface area contributed by atoms with Crippen molar-refractivity contribution >= 4 is 22.8 Å². The third-order valence-electron chi connectivity index (χ3n) is 6.42. The number of anilines is 2. The van der Waals surface area contributed by atoms with E-state index in [0.29, 0.717) is 0 Å². The molecule has 2 aromatic carbocycles. The lowest BCUT2D eigenvalue weighted by atomic mass is 10.0. The van der Waals surface area contributed by atoms with E-state index in [9.17, 15) is 35.1 Å². The highest BCUT2D eigenvalue weighted by atomic mass is 19.4. The van der Waals surface area contributed by atoms with Gasteiger partial charge in [-0.25, -0.2) is 18.7 Å². The topological polar surface area (TPSA) is 48.1 Å². The van der Waals surface area contributed by atoms with Gasteiger partial charge < -0.3 is 14.8 Å². The average Bonchev–Trinajstić information content (AvgIpc) is 3.28. The monoisotopic (exact) mass is 541 g/mol. The van der Waals surface area contributed by atoms with E-state index in [0.717, 1.165) is 36.4 Å². The predicted molar refractivity (Wildman–Crippen MR) is 125 cm³/mol. The second-order valence-corrected chi connectivity index (χ2v) is 8.97. The number of aromatic nitrogens is 3. The van der Waals surface area contributed by atoms with Crippen LogP contribution >= 0.6 is 0 Å². The summed E-state index contributed by atoms with van der Waals surface area (Å²) in [5, 5.41) is 0. The van der Waals surface area contributed by atoms with Crippen molar-refractivity contribution in [2.24, 2.45) is 0 Å². The molecule has 5 rings (SSSR count). The normalized spacial score (nSPS) is 16.9. The van der Waals surface area contributed by atoms with E-state index in [1.54, 1.807) is 11.8 Å². The summed E-state index contributed by atoms with van der Waals surface area (Å²) in [6, 6.07) is 6.23. The molecule has 1 aliphatic rings. The summed E-state index contributed by atoms with van der Waals surface area (Å²) in [5.74, 6) is -2.37. The quantitative estimate of drug-likeness (QED) is 0.295. The lowest BCUT2D eigenvalue weighted by Gasteiger charge is -2.40. The van der Waals surface area contributed by atoms with Crippen molar-refractivity contribution in [3.8, 4) is 11.1 Å². The standard InChI is InChI=1S/C25H19F8N5/c1-13-12-37(22-17(25(31,32)33)3-2-6-34-22)7-8-38(13)23-35-20-11-15(24(28,29)30)10-16(21(20)36-23)14-4-5-18(26)19(27)9-14/h2-6,9-11,13H,7-8,12H2,1H3,(H,35,36). The van der Waals surface area contributed by atoms with Crippen molar-refractivity contribution in [3.63, 3.8) is 0 Å². The predicted octanol–water partition coefficient (Wildman–Crippen LogP) is 6.66. The maximum absolute atomic E-state index is 13.9. The minimum Gasteiger partial charge on any atom is -0.352 e. The van der Waals surface area contributed by atoms with Gasteiger partial charge in [0.05, 0.1) is 22.2 Å². The van der Waals surface area contributed by atoms with Gasteiger partial charge in [0, 0.05) is 37.4 Å². The van der Waals surface area contributed by atoms with Crippen LogP contribution in [0.1, 0.15) is 18.1 Å². The van der Waals surface area contributed by atoms with Crippen molar-refractivity contribution in [1.29, 1.82) is 0 Å². The number of benzene rings is 2. The van der Waals surface area contributed by atoms with Gasteiger partial charge in [0.15, 0.2) is 11.6 Å². The molecule has 1 unspecified atom stereocenters. The van der Waals surface area contributed by atoms with Gasteiger partial charge in [0.1, 0.15) is 5.82 Å². The molecule has 0 spiro atoms. The van der Waals surface area contributed by atoms with E-state index in [1.807, 2.05) is 0 Å². The SMILES string of the molecule is CC1CN(c2ncccc2C(F)(F)F)CCN1c1nc2c(-c3ccc(F)c(F)c3)cc(C(F)(F)F)cc2[nH]1. The highest BCUT2D eigenvalue weighted by Gasteiger charge is 2.38. The van der Waals surface area contributed by atoms with Crippen LogP contribution in [-0.2, 0) is 12.4 Å². The minimum absolute atomic E-state index is 0.00532. The molecule has 0 radical (unpaired) electrons. The fourth-order valence-electron chi connectivity index (χ4n) is 4.62. The first-order valence-electron chi connectivity index (χ1n) is 11.4. The van der Waals surface area contributed by atoms with Crippen LogP contribution in [-0.4, -0.2) is 40.6 Å². The number of halogens is 8. The molecule has 13 heteroatoms. The number of piperazine rings is 1. The van der Waals surface area contributed by atoms with Crippen LogP contribution in [0.4, 0.5) is 46.9 Å². The van der Waals surface area contributed by atoms with Crippen LogP contribution in [0.25, 0.3) is 22.2 Å².